The number of hydrogen-bond donors (Lipinski definition) is 1. The molecule has 2 amide bonds. The van der Waals surface area contributed by atoms with Gasteiger partial charge in [0.2, 0.25) is 11.8 Å². The van der Waals surface area contributed by atoms with Crippen molar-refractivity contribution >= 4 is 34.1 Å². The lowest BCUT2D eigenvalue weighted by Crippen LogP contribution is -2.51. The average Bonchev–Trinajstić information content (AvgIpc) is 2.59. The number of aryl methyl sites for hydroxylation is 1. The van der Waals surface area contributed by atoms with Gasteiger partial charge in [-0.1, -0.05) is 11.3 Å². The van der Waals surface area contributed by atoms with Crippen LogP contribution in [-0.2, 0) is 9.59 Å². The SMILES string of the molecule is CC(=O)c1sc(N2CC(=O)NC(=O)C2)nc1C. The standard InChI is InChI=1S/C10H11N3O3S/c1-5-9(6(2)14)17-10(11-5)13-3-7(15)12-8(16)4-13/h3-4H2,1-2H3,(H,12,15,16). The van der Waals surface area contributed by atoms with Crippen molar-refractivity contribution in [2.45, 2.75) is 13.8 Å². The van der Waals surface area contributed by atoms with Crippen LogP contribution in [0.25, 0.3) is 0 Å². The highest BCUT2D eigenvalue weighted by Gasteiger charge is 2.25. The minimum absolute atomic E-state index is 0.0564. The summed E-state index contributed by atoms with van der Waals surface area (Å²) >= 11 is 1.21. The van der Waals surface area contributed by atoms with Gasteiger partial charge < -0.3 is 4.90 Å². The smallest absolute Gasteiger partial charge is 0.246 e. The van der Waals surface area contributed by atoms with Crippen molar-refractivity contribution in [2.75, 3.05) is 18.0 Å². The normalized spacial score (nSPS) is 16.0. The molecule has 1 N–H and O–H groups in total. The zero-order valence-corrected chi connectivity index (χ0v) is 10.3. The predicted octanol–water partition coefficient (Wildman–Crippen LogP) is 0.117. The van der Waals surface area contributed by atoms with E-state index in [9.17, 15) is 14.4 Å². The lowest BCUT2D eigenvalue weighted by atomic mass is 10.3. The zero-order valence-electron chi connectivity index (χ0n) is 9.44. The summed E-state index contributed by atoms with van der Waals surface area (Å²) in [4.78, 5) is 40.1. The van der Waals surface area contributed by atoms with Gasteiger partial charge in [-0.3, -0.25) is 19.7 Å². The number of thiazole rings is 1. The van der Waals surface area contributed by atoms with Crippen LogP contribution >= 0.6 is 11.3 Å². The van der Waals surface area contributed by atoms with E-state index in [-0.39, 0.29) is 30.7 Å². The molecule has 1 saturated heterocycles. The van der Waals surface area contributed by atoms with Gasteiger partial charge in [-0.05, 0) is 6.92 Å². The molecule has 0 saturated carbocycles. The minimum atomic E-state index is -0.349. The van der Waals surface area contributed by atoms with Crippen LogP contribution in [0, 0.1) is 6.92 Å². The topological polar surface area (TPSA) is 79.4 Å². The summed E-state index contributed by atoms with van der Waals surface area (Å²) in [5, 5.41) is 2.75. The summed E-state index contributed by atoms with van der Waals surface area (Å²) in [6, 6.07) is 0. The highest BCUT2D eigenvalue weighted by Crippen LogP contribution is 2.26. The molecule has 1 aliphatic heterocycles. The summed E-state index contributed by atoms with van der Waals surface area (Å²) in [6.45, 7) is 3.40. The molecule has 1 aromatic rings. The molecule has 0 aromatic carbocycles. The van der Waals surface area contributed by atoms with Gasteiger partial charge in [0.15, 0.2) is 10.9 Å². The van der Waals surface area contributed by atoms with E-state index in [0.717, 1.165) is 0 Å². The largest absolute Gasteiger partial charge is 0.329 e. The summed E-state index contributed by atoms with van der Waals surface area (Å²) in [7, 11) is 0. The summed E-state index contributed by atoms with van der Waals surface area (Å²) in [6.07, 6.45) is 0. The van der Waals surface area contributed by atoms with Crippen molar-refractivity contribution in [3.05, 3.63) is 10.6 Å². The Morgan fingerprint density at radius 1 is 1.35 bits per heavy atom. The molecule has 0 unspecified atom stereocenters. The number of imide groups is 1. The molecule has 90 valence electrons. The van der Waals surface area contributed by atoms with Crippen LogP contribution in [0.1, 0.15) is 22.3 Å². The van der Waals surface area contributed by atoms with Crippen molar-refractivity contribution in [3.8, 4) is 0 Å². The number of Topliss-reactive ketones (excluding diaryl/α,β-unsaturated/α-hetero) is 1. The Kier molecular flexibility index (Phi) is 2.93. The number of amides is 2. The van der Waals surface area contributed by atoms with Crippen molar-refractivity contribution in [1.29, 1.82) is 0 Å². The Balaban J connectivity index is 2.28. The van der Waals surface area contributed by atoms with Crippen LogP contribution in [0.2, 0.25) is 0 Å². The van der Waals surface area contributed by atoms with E-state index in [1.54, 1.807) is 11.8 Å². The maximum atomic E-state index is 11.3. The number of ketones is 1. The molecule has 17 heavy (non-hydrogen) atoms. The molecule has 0 atom stereocenters. The van der Waals surface area contributed by atoms with Crippen LogP contribution in [0.4, 0.5) is 5.13 Å². The third-order valence-corrected chi connectivity index (χ3v) is 3.64. The fraction of sp³-hybridized carbons (Fsp3) is 0.400. The number of anilines is 1. The van der Waals surface area contributed by atoms with Crippen LogP contribution in [0.3, 0.4) is 0 Å². The Labute approximate surface area is 102 Å². The Morgan fingerprint density at radius 2 is 1.94 bits per heavy atom. The van der Waals surface area contributed by atoms with E-state index in [0.29, 0.717) is 15.7 Å². The van der Waals surface area contributed by atoms with Gasteiger partial charge in [-0.2, -0.15) is 0 Å². The molecule has 0 bridgehead atoms. The van der Waals surface area contributed by atoms with E-state index < -0.39 is 0 Å². The van der Waals surface area contributed by atoms with Crippen LogP contribution in [-0.4, -0.2) is 35.7 Å². The third kappa shape index (κ3) is 2.33. The van der Waals surface area contributed by atoms with Crippen molar-refractivity contribution in [1.82, 2.24) is 10.3 Å². The second-order valence-electron chi connectivity index (χ2n) is 3.79. The van der Waals surface area contributed by atoms with Gasteiger partial charge in [0, 0.05) is 6.92 Å². The quantitative estimate of drug-likeness (QED) is 0.598. The number of carbonyl (C=O) groups excluding carboxylic acids is 3. The van der Waals surface area contributed by atoms with Gasteiger partial charge in [0.05, 0.1) is 10.6 Å². The van der Waals surface area contributed by atoms with Gasteiger partial charge in [0.25, 0.3) is 0 Å². The molecule has 0 aliphatic carbocycles. The maximum absolute atomic E-state index is 11.3. The number of hydrogen-bond acceptors (Lipinski definition) is 6. The number of aromatic nitrogens is 1. The fourth-order valence-corrected chi connectivity index (χ4v) is 2.58. The highest BCUT2D eigenvalue weighted by molar-refractivity contribution is 7.17. The molecule has 1 aliphatic rings. The first-order chi connectivity index (χ1) is 7.97. The monoisotopic (exact) mass is 253 g/mol. The zero-order chi connectivity index (χ0) is 12.6. The molecule has 6 nitrogen and oxygen atoms in total. The van der Waals surface area contributed by atoms with Gasteiger partial charge >= 0.3 is 0 Å². The average molecular weight is 253 g/mol. The van der Waals surface area contributed by atoms with E-state index in [2.05, 4.69) is 10.3 Å². The predicted molar refractivity (Wildman–Crippen MR) is 62.2 cm³/mol. The van der Waals surface area contributed by atoms with Crippen molar-refractivity contribution in [3.63, 3.8) is 0 Å². The molecular weight excluding hydrogens is 242 g/mol. The summed E-state index contributed by atoms with van der Waals surface area (Å²) in [5.41, 5.74) is 0.635. The molecule has 1 fully saturated rings. The van der Waals surface area contributed by atoms with E-state index in [1.807, 2.05) is 0 Å². The molecule has 0 spiro atoms. The Hall–Kier alpha value is -1.76. The number of piperazine rings is 1. The maximum Gasteiger partial charge on any atom is 0.246 e. The van der Waals surface area contributed by atoms with Gasteiger partial charge in [-0.15, -0.1) is 0 Å². The first-order valence-corrected chi connectivity index (χ1v) is 5.85. The number of nitrogens with one attached hydrogen (secondary N) is 1. The molecule has 2 heterocycles. The van der Waals surface area contributed by atoms with E-state index in [4.69, 9.17) is 0 Å². The summed E-state index contributed by atoms with van der Waals surface area (Å²) < 4.78 is 0. The van der Waals surface area contributed by atoms with Crippen LogP contribution in [0.15, 0.2) is 0 Å². The second kappa shape index (κ2) is 4.25. The molecular formula is C10H11N3O3S. The van der Waals surface area contributed by atoms with Crippen LogP contribution < -0.4 is 10.2 Å². The number of carbonyl (C=O) groups is 3. The lowest BCUT2D eigenvalue weighted by Gasteiger charge is -2.24. The first kappa shape index (κ1) is 11.7. The third-order valence-electron chi connectivity index (χ3n) is 2.32. The second-order valence-corrected chi connectivity index (χ2v) is 4.77. The molecule has 0 radical (unpaired) electrons. The van der Waals surface area contributed by atoms with Crippen molar-refractivity contribution in [2.24, 2.45) is 0 Å². The molecule has 1 aromatic heterocycles. The van der Waals surface area contributed by atoms with E-state index in [1.165, 1.54) is 18.3 Å². The number of nitrogens with zero attached hydrogens (tertiary/aromatic N) is 2. The number of rotatable bonds is 2. The van der Waals surface area contributed by atoms with Gasteiger partial charge in [-0.25, -0.2) is 4.98 Å². The molecule has 7 heteroatoms. The van der Waals surface area contributed by atoms with Crippen LogP contribution in [0.5, 0.6) is 0 Å². The minimum Gasteiger partial charge on any atom is -0.329 e. The van der Waals surface area contributed by atoms with Gasteiger partial charge in [0.1, 0.15) is 13.1 Å². The Bertz CT molecular complexity index is 493. The fourth-order valence-electron chi connectivity index (χ4n) is 1.62. The molecule has 2 rings (SSSR count). The Morgan fingerprint density at radius 3 is 2.41 bits per heavy atom. The van der Waals surface area contributed by atoms with Crippen molar-refractivity contribution < 1.29 is 14.4 Å². The first-order valence-electron chi connectivity index (χ1n) is 5.03. The summed E-state index contributed by atoms with van der Waals surface area (Å²) in [5.74, 6) is -0.754. The lowest BCUT2D eigenvalue weighted by molar-refractivity contribution is -0.130. The van der Waals surface area contributed by atoms with E-state index >= 15 is 0 Å². The highest BCUT2D eigenvalue weighted by atomic mass is 32.1.